The number of hydrogen-bond donors (Lipinski definition) is 1. The molecule has 160 valence electrons. The minimum absolute atomic E-state index is 0.186. The summed E-state index contributed by atoms with van der Waals surface area (Å²) >= 11 is 0. The second kappa shape index (κ2) is 6.62. The van der Waals surface area contributed by atoms with E-state index in [0.29, 0.717) is 28.8 Å². The SMILES string of the molecule is O=c1c2[nH]cnc2ncn1Cc1nc([C@@H]2C3=CN(c4ccc5c(c4)CCCC5)CC32)no1. The normalized spacial score (nSPS) is 21.5. The van der Waals surface area contributed by atoms with Gasteiger partial charge in [-0.3, -0.25) is 9.36 Å². The molecule has 3 aliphatic rings. The Kier molecular flexibility index (Phi) is 3.70. The Labute approximate surface area is 182 Å². The van der Waals surface area contributed by atoms with Crippen LogP contribution in [0.25, 0.3) is 11.2 Å². The van der Waals surface area contributed by atoms with E-state index in [4.69, 9.17) is 4.52 Å². The molecule has 0 amide bonds. The Hall–Kier alpha value is -3.75. The molecule has 1 saturated carbocycles. The molecule has 1 aliphatic heterocycles. The molecule has 1 fully saturated rings. The van der Waals surface area contributed by atoms with Gasteiger partial charge in [-0.25, -0.2) is 9.97 Å². The summed E-state index contributed by atoms with van der Waals surface area (Å²) in [5.74, 6) is 1.75. The van der Waals surface area contributed by atoms with Crippen LogP contribution in [0.15, 0.2) is 51.9 Å². The van der Waals surface area contributed by atoms with Crippen LogP contribution in [0.3, 0.4) is 0 Å². The van der Waals surface area contributed by atoms with Crippen molar-refractivity contribution < 1.29 is 4.52 Å². The molecule has 0 radical (unpaired) electrons. The van der Waals surface area contributed by atoms with Gasteiger partial charge in [0.2, 0.25) is 5.89 Å². The molecule has 9 heteroatoms. The second-order valence-electron chi connectivity index (χ2n) is 8.85. The van der Waals surface area contributed by atoms with Gasteiger partial charge in [0.25, 0.3) is 5.56 Å². The quantitative estimate of drug-likeness (QED) is 0.533. The lowest BCUT2D eigenvalue weighted by Crippen LogP contribution is -2.21. The zero-order chi connectivity index (χ0) is 21.2. The van der Waals surface area contributed by atoms with Crippen molar-refractivity contribution in [2.75, 3.05) is 11.4 Å². The molecule has 4 heterocycles. The van der Waals surface area contributed by atoms with Gasteiger partial charge < -0.3 is 14.4 Å². The van der Waals surface area contributed by atoms with E-state index < -0.39 is 0 Å². The molecule has 2 atom stereocenters. The molecule has 2 aliphatic carbocycles. The summed E-state index contributed by atoms with van der Waals surface area (Å²) in [6.07, 6.45) is 10.2. The van der Waals surface area contributed by atoms with Gasteiger partial charge in [0.05, 0.1) is 12.2 Å². The van der Waals surface area contributed by atoms with Gasteiger partial charge in [0, 0.05) is 24.4 Å². The number of nitrogens with zero attached hydrogens (tertiary/aromatic N) is 6. The Morgan fingerprint density at radius 2 is 2.06 bits per heavy atom. The van der Waals surface area contributed by atoms with E-state index in [9.17, 15) is 4.79 Å². The summed E-state index contributed by atoms with van der Waals surface area (Å²) in [5, 5.41) is 4.19. The molecule has 7 rings (SSSR count). The van der Waals surface area contributed by atoms with Crippen molar-refractivity contribution in [3.63, 3.8) is 0 Å². The predicted octanol–water partition coefficient (Wildman–Crippen LogP) is 2.55. The molecule has 1 unspecified atom stereocenters. The van der Waals surface area contributed by atoms with Crippen LogP contribution in [0.5, 0.6) is 0 Å². The molecule has 32 heavy (non-hydrogen) atoms. The van der Waals surface area contributed by atoms with E-state index in [1.165, 1.54) is 65.3 Å². The third-order valence-electron chi connectivity index (χ3n) is 6.92. The van der Waals surface area contributed by atoms with E-state index in [0.717, 1.165) is 6.54 Å². The summed E-state index contributed by atoms with van der Waals surface area (Å²) in [6, 6.07) is 6.91. The molecule has 4 aromatic rings. The Bertz CT molecular complexity index is 1450. The third-order valence-corrected chi connectivity index (χ3v) is 6.92. The number of aromatic nitrogens is 6. The highest BCUT2D eigenvalue weighted by Gasteiger charge is 2.52. The molecular weight excluding hydrogens is 406 g/mol. The Balaban J connectivity index is 1.08. The van der Waals surface area contributed by atoms with Crippen LogP contribution in [-0.4, -0.2) is 36.2 Å². The van der Waals surface area contributed by atoms with Gasteiger partial charge in [-0.05, 0) is 54.5 Å². The minimum Gasteiger partial charge on any atom is -0.347 e. The first-order valence-corrected chi connectivity index (χ1v) is 11.1. The first-order valence-electron chi connectivity index (χ1n) is 11.1. The number of aryl methyl sites for hydroxylation is 2. The fourth-order valence-electron chi connectivity index (χ4n) is 5.16. The van der Waals surface area contributed by atoms with Crippen molar-refractivity contribution >= 4 is 16.9 Å². The minimum atomic E-state index is -0.209. The average molecular weight is 427 g/mol. The number of aromatic amines is 1. The maximum absolute atomic E-state index is 12.5. The summed E-state index contributed by atoms with van der Waals surface area (Å²) in [5.41, 5.74) is 6.21. The van der Waals surface area contributed by atoms with Crippen molar-refractivity contribution in [2.24, 2.45) is 5.92 Å². The molecule has 9 nitrogen and oxygen atoms in total. The van der Waals surface area contributed by atoms with E-state index >= 15 is 0 Å². The maximum atomic E-state index is 12.5. The van der Waals surface area contributed by atoms with Gasteiger partial charge in [-0.1, -0.05) is 11.2 Å². The van der Waals surface area contributed by atoms with Gasteiger partial charge in [0.15, 0.2) is 17.0 Å². The number of fused-ring (bicyclic) bond motifs is 3. The highest BCUT2D eigenvalue weighted by atomic mass is 16.5. The highest BCUT2D eigenvalue weighted by molar-refractivity contribution is 5.67. The zero-order valence-electron chi connectivity index (χ0n) is 17.4. The molecule has 1 N–H and O–H groups in total. The molecule has 0 spiro atoms. The van der Waals surface area contributed by atoms with E-state index in [1.807, 2.05) is 0 Å². The van der Waals surface area contributed by atoms with E-state index in [2.05, 4.69) is 54.4 Å². The summed E-state index contributed by atoms with van der Waals surface area (Å²) < 4.78 is 6.89. The molecular formula is C23H21N7O2. The van der Waals surface area contributed by atoms with Crippen molar-refractivity contribution in [3.05, 3.63) is 75.8 Å². The molecule has 0 bridgehead atoms. The van der Waals surface area contributed by atoms with Crippen LogP contribution in [0.1, 0.15) is 41.6 Å². The van der Waals surface area contributed by atoms with Gasteiger partial charge in [-0.15, -0.1) is 0 Å². The average Bonchev–Trinajstić information content (AvgIpc) is 3.31. The van der Waals surface area contributed by atoms with Gasteiger partial charge in [0.1, 0.15) is 12.9 Å². The van der Waals surface area contributed by atoms with Gasteiger partial charge >= 0.3 is 0 Å². The fraction of sp³-hybridized carbons (Fsp3) is 0.348. The molecule has 3 aromatic heterocycles. The second-order valence-corrected chi connectivity index (χ2v) is 8.85. The van der Waals surface area contributed by atoms with Crippen LogP contribution < -0.4 is 10.5 Å². The van der Waals surface area contributed by atoms with Crippen LogP contribution in [0.2, 0.25) is 0 Å². The number of nitrogens with one attached hydrogen (secondary N) is 1. The number of benzene rings is 1. The van der Waals surface area contributed by atoms with Crippen LogP contribution in [0, 0.1) is 5.92 Å². The largest absolute Gasteiger partial charge is 0.347 e. The number of hydrogen-bond acceptors (Lipinski definition) is 7. The number of H-pyrrole nitrogens is 1. The third kappa shape index (κ3) is 2.73. The van der Waals surface area contributed by atoms with Crippen molar-refractivity contribution in [1.29, 1.82) is 0 Å². The smallest absolute Gasteiger partial charge is 0.279 e. The van der Waals surface area contributed by atoms with Crippen LogP contribution >= 0.6 is 0 Å². The first-order chi connectivity index (χ1) is 15.7. The standard InChI is InChI=1S/C23H21N7O2/c31-23-20-22(25-11-24-20)26-12-30(23)10-18-27-21(28-32-18)19-16-8-29(9-17(16)19)15-6-5-13-3-1-2-4-14(13)7-15/h5-8,11-12,17,19H,1-4,9-10H2,(H,24,25)/t17?,19-/m1/s1. The number of anilines is 1. The summed E-state index contributed by atoms with van der Waals surface area (Å²) in [4.78, 5) is 30.4. The molecule has 1 aromatic carbocycles. The lowest BCUT2D eigenvalue weighted by molar-refractivity contribution is 0.364. The van der Waals surface area contributed by atoms with Crippen molar-refractivity contribution in [1.82, 2.24) is 29.7 Å². The zero-order valence-corrected chi connectivity index (χ0v) is 17.4. The van der Waals surface area contributed by atoms with Gasteiger partial charge in [-0.2, -0.15) is 4.98 Å². The maximum Gasteiger partial charge on any atom is 0.279 e. The van der Waals surface area contributed by atoms with Crippen LogP contribution in [-0.2, 0) is 19.4 Å². The van der Waals surface area contributed by atoms with E-state index in [-0.39, 0.29) is 18.0 Å². The topological polar surface area (TPSA) is 106 Å². The number of imidazole rings is 1. The molecule has 0 saturated heterocycles. The lowest BCUT2D eigenvalue weighted by Gasteiger charge is -2.22. The van der Waals surface area contributed by atoms with Crippen LogP contribution in [0.4, 0.5) is 5.69 Å². The monoisotopic (exact) mass is 427 g/mol. The predicted molar refractivity (Wildman–Crippen MR) is 116 cm³/mol. The lowest BCUT2D eigenvalue weighted by atomic mass is 9.91. The Morgan fingerprint density at radius 1 is 1.16 bits per heavy atom. The number of rotatable bonds is 4. The first kappa shape index (κ1) is 17.9. The van der Waals surface area contributed by atoms with Crippen molar-refractivity contribution in [3.8, 4) is 0 Å². The summed E-state index contributed by atoms with van der Waals surface area (Å²) in [7, 11) is 0. The summed E-state index contributed by atoms with van der Waals surface area (Å²) in [6.45, 7) is 1.13. The highest BCUT2D eigenvalue weighted by Crippen LogP contribution is 2.56. The van der Waals surface area contributed by atoms with E-state index in [1.54, 1.807) is 0 Å². The van der Waals surface area contributed by atoms with Crippen molar-refractivity contribution in [2.45, 2.75) is 38.1 Å². The Morgan fingerprint density at radius 3 is 2.94 bits per heavy atom. The fourth-order valence-corrected chi connectivity index (χ4v) is 5.16.